The number of non-ortho nitro benzene ring substituents is 1. The minimum absolute atomic E-state index is 0.141. The third kappa shape index (κ3) is 3.28. The van der Waals surface area contributed by atoms with Gasteiger partial charge in [-0.05, 0) is 12.0 Å². The fourth-order valence-corrected chi connectivity index (χ4v) is 1.55. The molecule has 0 atom stereocenters. The number of thiol groups is 1. The monoisotopic (exact) mass is 215 g/mol. The van der Waals surface area contributed by atoms with E-state index in [4.69, 9.17) is 0 Å². The third-order valence-corrected chi connectivity index (χ3v) is 2.56. The van der Waals surface area contributed by atoms with Gasteiger partial charge in [-0.2, -0.15) is 0 Å². The summed E-state index contributed by atoms with van der Waals surface area (Å²) in [5, 5.41) is 10.3. The van der Waals surface area contributed by atoms with E-state index in [0.29, 0.717) is 0 Å². The number of hydrogen-bond donors (Lipinski definition) is 1. The van der Waals surface area contributed by atoms with Gasteiger partial charge in [0, 0.05) is 17.9 Å². The molecule has 0 spiro atoms. The molecule has 0 bridgehead atoms. The second-order valence-electron chi connectivity index (χ2n) is 2.51. The standard InChI is InChI=1S/C8H9NO2S2/c10-9(11)8-3-1-7(2-4-8)5-6-13-12/h1-4,12H,5-6H2. The third-order valence-electron chi connectivity index (χ3n) is 1.63. The number of nitro groups is 1. The average Bonchev–Trinajstić information content (AvgIpc) is 2.15. The predicted molar refractivity (Wildman–Crippen MR) is 58.2 cm³/mol. The molecule has 1 aromatic carbocycles. The van der Waals surface area contributed by atoms with Crippen LogP contribution in [0.15, 0.2) is 24.3 Å². The number of benzene rings is 1. The Bertz CT molecular complexity index is 287. The molecule has 0 saturated carbocycles. The number of nitro benzene ring substituents is 1. The summed E-state index contributed by atoms with van der Waals surface area (Å²) in [5.41, 5.74) is 1.24. The Hall–Kier alpha value is -0.680. The fraction of sp³-hybridized carbons (Fsp3) is 0.250. The number of nitrogens with zero attached hydrogens (tertiary/aromatic N) is 1. The Morgan fingerprint density at radius 1 is 1.38 bits per heavy atom. The van der Waals surface area contributed by atoms with Crippen molar-refractivity contribution in [1.82, 2.24) is 0 Å². The molecule has 0 unspecified atom stereocenters. The zero-order valence-electron chi connectivity index (χ0n) is 6.84. The zero-order valence-corrected chi connectivity index (χ0v) is 8.55. The lowest BCUT2D eigenvalue weighted by Crippen LogP contribution is -1.90. The van der Waals surface area contributed by atoms with Crippen LogP contribution in [0.5, 0.6) is 0 Å². The minimum atomic E-state index is -0.392. The molecule has 0 aliphatic heterocycles. The summed E-state index contributed by atoms with van der Waals surface area (Å²) < 4.78 is 0. The van der Waals surface area contributed by atoms with E-state index in [1.165, 1.54) is 22.9 Å². The van der Waals surface area contributed by atoms with Gasteiger partial charge >= 0.3 is 0 Å². The summed E-state index contributed by atoms with van der Waals surface area (Å²) in [6, 6.07) is 6.61. The van der Waals surface area contributed by atoms with Crippen LogP contribution in [0.1, 0.15) is 5.56 Å². The first-order chi connectivity index (χ1) is 6.24. The summed E-state index contributed by atoms with van der Waals surface area (Å²) in [5.74, 6) is 0.918. The highest BCUT2D eigenvalue weighted by atomic mass is 33.1. The van der Waals surface area contributed by atoms with Crippen LogP contribution < -0.4 is 0 Å². The zero-order chi connectivity index (χ0) is 9.68. The van der Waals surface area contributed by atoms with E-state index in [0.717, 1.165) is 17.7 Å². The first-order valence-corrected chi connectivity index (χ1v) is 5.77. The lowest BCUT2D eigenvalue weighted by atomic mass is 10.1. The van der Waals surface area contributed by atoms with Gasteiger partial charge in [-0.15, -0.1) is 11.7 Å². The van der Waals surface area contributed by atoms with Crippen LogP contribution in [0.2, 0.25) is 0 Å². The van der Waals surface area contributed by atoms with Gasteiger partial charge in [0.25, 0.3) is 5.69 Å². The molecular formula is C8H9NO2S2. The van der Waals surface area contributed by atoms with E-state index < -0.39 is 4.92 Å². The van der Waals surface area contributed by atoms with Crippen LogP contribution in [0.4, 0.5) is 5.69 Å². The van der Waals surface area contributed by atoms with Crippen molar-refractivity contribution in [3.63, 3.8) is 0 Å². The Morgan fingerprint density at radius 3 is 2.46 bits per heavy atom. The molecule has 0 aliphatic carbocycles. The number of aryl methyl sites for hydroxylation is 1. The van der Waals surface area contributed by atoms with Crippen molar-refractivity contribution in [1.29, 1.82) is 0 Å². The highest BCUT2D eigenvalue weighted by Crippen LogP contribution is 2.14. The molecule has 1 rings (SSSR count). The quantitative estimate of drug-likeness (QED) is 0.363. The predicted octanol–water partition coefficient (Wildman–Crippen LogP) is 2.72. The molecule has 0 aliphatic rings. The maximum atomic E-state index is 10.3. The Balaban J connectivity index is 2.64. The summed E-state index contributed by atoms with van der Waals surface area (Å²) >= 11 is 4.01. The molecule has 5 heteroatoms. The second-order valence-corrected chi connectivity index (χ2v) is 3.95. The van der Waals surface area contributed by atoms with Crippen LogP contribution >= 0.6 is 22.5 Å². The van der Waals surface area contributed by atoms with Gasteiger partial charge in [-0.25, -0.2) is 0 Å². The molecule has 70 valence electrons. The van der Waals surface area contributed by atoms with Gasteiger partial charge in [0.15, 0.2) is 0 Å². The summed E-state index contributed by atoms with van der Waals surface area (Å²) in [6.07, 6.45) is 0.895. The van der Waals surface area contributed by atoms with Gasteiger partial charge in [-0.1, -0.05) is 22.9 Å². The molecule has 0 radical (unpaired) electrons. The van der Waals surface area contributed by atoms with Crippen molar-refractivity contribution in [3.05, 3.63) is 39.9 Å². The molecule has 0 N–H and O–H groups in total. The first kappa shape index (κ1) is 10.4. The average molecular weight is 215 g/mol. The molecule has 0 aromatic heterocycles. The normalized spacial score (nSPS) is 9.92. The van der Waals surface area contributed by atoms with Crippen molar-refractivity contribution in [2.45, 2.75) is 6.42 Å². The SMILES string of the molecule is O=[N+]([O-])c1ccc(CCSS)cc1. The highest BCUT2D eigenvalue weighted by molar-refractivity contribution is 8.68. The van der Waals surface area contributed by atoms with E-state index in [-0.39, 0.29) is 5.69 Å². The van der Waals surface area contributed by atoms with Crippen LogP contribution in [0.3, 0.4) is 0 Å². The van der Waals surface area contributed by atoms with E-state index >= 15 is 0 Å². The van der Waals surface area contributed by atoms with Crippen LogP contribution in [-0.4, -0.2) is 10.7 Å². The minimum Gasteiger partial charge on any atom is -0.258 e. The molecule has 13 heavy (non-hydrogen) atoms. The number of hydrogen-bond acceptors (Lipinski definition) is 4. The smallest absolute Gasteiger partial charge is 0.258 e. The van der Waals surface area contributed by atoms with Gasteiger partial charge in [0.2, 0.25) is 0 Å². The van der Waals surface area contributed by atoms with Crippen molar-refractivity contribution >= 4 is 28.1 Å². The Morgan fingerprint density at radius 2 is 2.00 bits per heavy atom. The van der Waals surface area contributed by atoms with Crippen molar-refractivity contribution in [2.75, 3.05) is 5.75 Å². The lowest BCUT2D eigenvalue weighted by Gasteiger charge is -1.97. The first-order valence-electron chi connectivity index (χ1n) is 3.73. The fourth-order valence-electron chi connectivity index (χ4n) is 0.948. The van der Waals surface area contributed by atoms with E-state index in [1.54, 1.807) is 12.1 Å². The summed E-state index contributed by atoms with van der Waals surface area (Å²) in [4.78, 5) is 9.92. The molecule has 3 nitrogen and oxygen atoms in total. The van der Waals surface area contributed by atoms with E-state index in [2.05, 4.69) is 11.7 Å². The van der Waals surface area contributed by atoms with Crippen molar-refractivity contribution in [3.8, 4) is 0 Å². The van der Waals surface area contributed by atoms with Crippen LogP contribution in [0, 0.1) is 10.1 Å². The topological polar surface area (TPSA) is 43.1 Å². The van der Waals surface area contributed by atoms with Gasteiger partial charge in [-0.3, -0.25) is 10.1 Å². The Kier molecular flexibility index (Phi) is 4.11. The van der Waals surface area contributed by atoms with Gasteiger partial charge in [0.05, 0.1) is 4.92 Å². The lowest BCUT2D eigenvalue weighted by molar-refractivity contribution is -0.384. The highest BCUT2D eigenvalue weighted by Gasteiger charge is 2.02. The molecule has 0 amide bonds. The molecule has 0 heterocycles. The van der Waals surface area contributed by atoms with E-state index in [1.807, 2.05) is 0 Å². The maximum Gasteiger partial charge on any atom is 0.269 e. The molecular weight excluding hydrogens is 206 g/mol. The maximum absolute atomic E-state index is 10.3. The summed E-state index contributed by atoms with van der Waals surface area (Å²) in [7, 11) is 1.47. The molecule has 1 aromatic rings. The van der Waals surface area contributed by atoms with Crippen molar-refractivity contribution < 1.29 is 4.92 Å². The largest absolute Gasteiger partial charge is 0.269 e. The Labute approximate surface area is 85.5 Å². The van der Waals surface area contributed by atoms with Crippen molar-refractivity contribution in [2.24, 2.45) is 0 Å². The van der Waals surface area contributed by atoms with Gasteiger partial charge < -0.3 is 0 Å². The molecule has 0 saturated heterocycles. The second kappa shape index (κ2) is 5.14. The van der Waals surface area contributed by atoms with Crippen LogP contribution in [-0.2, 0) is 6.42 Å². The number of rotatable bonds is 4. The van der Waals surface area contributed by atoms with Crippen LogP contribution in [0.25, 0.3) is 0 Å². The summed E-state index contributed by atoms with van der Waals surface area (Å²) in [6.45, 7) is 0. The van der Waals surface area contributed by atoms with Gasteiger partial charge in [0.1, 0.15) is 0 Å². The van der Waals surface area contributed by atoms with E-state index in [9.17, 15) is 10.1 Å². The molecule has 0 fully saturated rings.